The van der Waals surface area contributed by atoms with Crippen LogP contribution in [0.5, 0.6) is 0 Å². The fraction of sp³-hybridized carbons (Fsp3) is 0.320. The van der Waals surface area contributed by atoms with Crippen LogP contribution in [0.2, 0.25) is 0 Å². The molecule has 0 saturated carbocycles. The first kappa shape index (κ1) is 24.7. The lowest BCUT2D eigenvalue weighted by atomic mass is 10.1. The second-order valence-electron chi connectivity index (χ2n) is 7.77. The Hall–Kier alpha value is -2.94. The Morgan fingerprint density at radius 1 is 0.970 bits per heavy atom. The van der Waals surface area contributed by atoms with Crippen LogP contribution in [0.1, 0.15) is 16.9 Å². The van der Waals surface area contributed by atoms with E-state index in [2.05, 4.69) is 0 Å². The number of carbonyl (C=O) groups excluding carboxylic acids is 1. The molecule has 0 bridgehead atoms. The Balaban J connectivity index is 1.79. The Labute approximate surface area is 195 Å². The molecule has 0 atom stereocenters. The Kier molecular flexibility index (Phi) is 8.82. The smallest absolute Gasteiger partial charge is 0.243 e. The molecule has 2 aromatic carbocycles. The van der Waals surface area contributed by atoms with Crippen LogP contribution in [0.25, 0.3) is 0 Å². The quantitative estimate of drug-likeness (QED) is 0.405. The Bertz CT molecular complexity index is 1100. The van der Waals surface area contributed by atoms with E-state index in [9.17, 15) is 13.2 Å². The predicted molar refractivity (Wildman–Crippen MR) is 126 cm³/mol. The lowest BCUT2D eigenvalue weighted by Crippen LogP contribution is -2.44. The predicted octanol–water partition coefficient (Wildman–Crippen LogP) is 3.50. The summed E-state index contributed by atoms with van der Waals surface area (Å²) in [4.78, 5) is 15.1. The molecule has 0 fully saturated rings. The van der Waals surface area contributed by atoms with Gasteiger partial charge < -0.3 is 14.1 Å². The third-order valence-electron chi connectivity index (χ3n) is 5.31. The summed E-state index contributed by atoms with van der Waals surface area (Å²) in [6.45, 7) is 2.57. The van der Waals surface area contributed by atoms with E-state index >= 15 is 0 Å². The van der Waals surface area contributed by atoms with Crippen LogP contribution in [-0.2, 0) is 32.5 Å². The summed E-state index contributed by atoms with van der Waals surface area (Å²) in [7, 11) is -2.36. The zero-order valence-electron chi connectivity index (χ0n) is 19.0. The lowest BCUT2D eigenvalue weighted by Gasteiger charge is -2.27. The first-order chi connectivity index (χ1) is 15.9. The van der Waals surface area contributed by atoms with Gasteiger partial charge in [0.15, 0.2) is 0 Å². The van der Waals surface area contributed by atoms with E-state index in [0.29, 0.717) is 18.7 Å². The largest absolute Gasteiger partial charge is 0.467 e. The monoisotopic (exact) mass is 470 g/mol. The molecule has 0 spiro atoms. The summed E-state index contributed by atoms with van der Waals surface area (Å²) < 4.78 is 38.3. The zero-order valence-corrected chi connectivity index (χ0v) is 19.8. The van der Waals surface area contributed by atoms with E-state index in [1.54, 1.807) is 47.6 Å². The van der Waals surface area contributed by atoms with Crippen LogP contribution in [-0.4, -0.2) is 56.9 Å². The van der Waals surface area contributed by atoms with Gasteiger partial charge in [0.25, 0.3) is 0 Å². The highest BCUT2D eigenvalue weighted by Crippen LogP contribution is 2.17. The summed E-state index contributed by atoms with van der Waals surface area (Å²) >= 11 is 0. The average molecular weight is 471 g/mol. The van der Waals surface area contributed by atoms with Crippen molar-refractivity contribution in [3.05, 3.63) is 89.9 Å². The summed E-state index contributed by atoms with van der Waals surface area (Å²) in [5.74, 6) is 0.343. The molecule has 7 nitrogen and oxygen atoms in total. The van der Waals surface area contributed by atoms with Gasteiger partial charge in [-0.25, -0.2) is 8.42 Å². The van der Waals surface area contributed by atoms with Crippen molar-refractivity contribution in [3.8, 4) is 0 Å². The fourth-order valence-corrected chi connectivity index (χ4v) is 4.75. The average Bonchev–Trinajstić information content (AvgIpc) is 3.33. The summed E-state index contributed by atoms with van der Waals surface area (Å²) in [5.41, 5.74) is 2.05. The third-order valence-corrected chi connectivity index (χ3v) is 7.17. The highest BCUT2D eigenvalue weighted by molar-refractivity contribution is 7.89. The van der Waals surface area contributed by atoms with Gasteiger partial charge in [-0.05, 0) is 43.2 Å². The molecule has 8 heteroatoms. The number of sulfonamides is 1. The first-order valence-electron chi connectivity index (χ1n) is 10.8. The molecular formula is C25H30N2O5S. The second kappa shape index (κ2) is 11.8. The molecule has 176 valence electrons. The minimum atomic E-state index is -3.87. The maximum Gasteiger partial charge on any atom is 0.243 e. The van der Waals surface area contributed by atoms with Crippen molar-refractivity contribution >= 4 is 15.9 Å². The Morgan fingerprint density at radius 2 is 1.70 bits per heavy atom. The number of ether oxygens (including phenoxy) is 1. The van der Waals surface area contributed by atoms with Crippen LogP contribution in [0, 0.1) is 6.92 Å². The van der Waals surface area contributed by atoms with Gasteiger partial charge in [-0.2, -0.15) is 4.31 Å². The van der Waals surface area contributed by atoms with Gasteiger partial charge in [0.2, 0.25) is 15.9 Å². The molecule has 1 aromatic heterocycles. The van der Waals surface area contributed by atoms with Gasteiger partial charge in [-0.1, -0.05) is 48.0 Å². The van der Waals surface area contributed by atoms with Crippen molar-refractivity contribution in [1.29, 1.82) is 0 Å². The van der Waals surface area contributed by atoms with E-state index in [1.165, 1.54) is 11.4 Å². The summed E-state index contributed by atoms with van der Waals surface area (Å²) in [5, 5.41) is 0. The van der Waals surface area contributed by atoms with E-state index < -0.39 is 10.0 Å². The molecule has 0 unspecified atom stereocenters. The number of carbonyl (C=O) groups is 1. The van der Waals surface area contributed by atoms with Gasteiger partial charge in [-0.15, -0.1) is 0 Å². The van der Waals surface area contributed by atoms with Crippen LogP contribution < -0.4 is 0 Å². The van der Waals surface area contributed by atoms with E-state index in [0.717, 1.165) is 11.1 Å². The first-order valence-corrected chi connectivity index (χ1v) is 12.2. The van der Waals surface area contributed by atoms with Gasteiger partial charge in [0, 0.05) is 20.2 Å². The molecule has 33 heavy (non-hydrogen) atoms. The number of furan rings is 1. The zero-order chi connectivity index (χ0) is 23.7. The van der Waals surface area contributed by atoms with Crippen molar-refractivity contribution < 1.29 is 22.4 Å². The molecule has 1 heterocycles. The van der Waals surface area contributed by atoms with E-state index in [-0.39, 0.29) is 37.0 Å². The SMILES string of the molecule is COCCN(CC(=O)N(CCc1ccccc1)Cc1ccco1)S(=O)(=O)c1ccc(C)cc1. The molecular weight excluding hydrogens is 440 g/mol. The number of hydrogen-bond acceptors (Lipinski definition) is 5. The van der Waals surface area contributed by atoms with Crippen molar-refractivity contribution in [2.24, 2.45) is 0 Å². The molecule has 3 aromatic rings. The standard InChI is InChI=1S/C25H30N2O5S/c1-21-10-12-24(13-11-21)33(29,30)27(16-18-31-2)20-25(28)26(19-23-9-6-17-32-23)15-14-22-7-4-3-5-8-22/h3-13,17H,14-16,18-20H2,1-2H3. The van der Waals surface area contributed by atoms with Crippen molar-refractivity contribution in [3.63, 3.8) is 0 Å². The van der Waals surface area contributed by atoms with E-state index in [1.807, 2.05) is 37.3 Å². The Morgan fingerprint density at radius 3 is 2.33 bits per heavy atom. The number of methoxy groups -OCH3 is 1. The molecule has 0 radical (unpaired) electrons. The van der Waals surface area contributed by atoms with Crippen LogP contribution in [0.15, 0.2) is 82.3 Å². The maximum atomic E-state index is 13.3. The van der Waals surface area contributed by atoms with Gasteiger partial charge in [0.1, 0.15) is 5.76 Å². The topological polar surface area (TPSA) is 80.1 Å². The normalized spacial score (nSPS) is 11.6. The second-order valence-corrected chi connectivity index (χ2v) is 9.71. The number of hydrogen-bond donors (Lipinski definition) is 0. The van der Waals surface area contributed by atoms with Crippen LogP contribution >= 0.6 is 0 Å². The summed E-state index contributed by atoms with van der Waals surface area (Å²) in [6.07, 6.45) is 2.21. The van der Waals surface area contributed by atoms with Gasteiger partial charge in [0.05, 0.1) is 30.9 Å². The number of nitrogens with zero attached hydrogens (tertiary/aromatic N) is 2. The van der Waals surface area contributed by atoms with Crippen molar-refractivity contribution in [2.45, 2.75) is 24.8 Å². The fourth-order valence-electron chi connectivity index (χ4n) is 3.38. The molecule has 0 aliphatic rings. The van der Waals surface area contributed by atoms with Crippen LogP contribution in [0.3, 0.4) is 0 Å². The highest BCUT2D eigenvalue weighted by Gasteiger charge is 2.28. The van der Waals surface area contributed by atoms with Crippen molar-refractivity contribution in [2.75, 3.05) is 33.4 Å². The molecule has 3 rings (SSSR count). The van der Waals surface area contributed by atoms with Crippen LogP contribution in [0.4, 0.5) is 0 Å². The molecule has 1 amide bonds. The lowest BCUT2D eigenvalue weighted by molar-refractivity contribution is -0.132. The third kappa shape index (κ3) is 7.02. The van der Waals surface area contributed by atoms with Gasteiger partial charge >= 0.3 is 0 Å². The number of aryl methyl sites for hydroxylation is 1. The summed E-state index contributed by atoms with van der Waals surface area (Å²) in [6, 6.07) is 20.0. The van der Waals surface area contributed by atoms with E-state index in [4.69, 9.17) is 9.15 Å². The number of rotatable bonds is 12. The maximum absolute atomic E-state index is 13.3. The minimum absolute atomic E-state index is 0.0751. The van der Waals surface area contributed by atoms with Crippen molar-refractivity contribution in [1.82, 2.24) is 9.21 Å². The van der Waals surface area contributed by atoms with Gasteiger partial charge in [-0.3, -0.25) is 4.79 Å². The molecule has 0 N–H and O–H groups in total. The minimum Gasteiger partial charge on any atom is -0.467 e. The highest BCUT2D eigenvalue weighted by atomic mass is 32.2. The molecule has 0 saturated heterocycles. The number of benzene rings is 2. The number of amides is 1. The molecule has 0 aliphatic heterocycles. The molecule has 0 aliphatic carbocycles.